The van der Waals surface area contributed by atoms with E-state index in [1.807, 2.05) is 0 Å². The van der Waals surface area contributed by atoms with Crippen LogP contribution in [0.15, 0.2) is 0 Å². The quantitative estimate of drug-likeness (QED) is 0.323. The minimum Gasteiger partial charge on any atom is -0.330 e. The maximum Gasteiger partial charge on any atom is 0.276 e. The Balaban J connectivity index is 3.48. The van der Waals surface area contributed by atoms with Crippen LogP contribution in [0.2, 0.25) is 0 Å². The van der Waals surface area contributed by atoms with Crippen molar-refractivity contribution in [2.24, 2.45) is 0 Å². The van der Waals surface area contributed by atoms with Gasteiger partial charge in [0, 0.05) is 0 Å². The van der Waals surface area contributed by atoms with Crippen LogP contribution < -0.4 is 0 Å². The average Bonchev–Trinajstić information content (AvgIpc) is 1.35. The Hall–Kier alpha value is 0.432. The Labute approximate surface area is 38.9 Å². The summed E-state index contributed by atoms with van der Waals surface area (Å²) in [5.74, 6) is 0. The lowest BCUT2D eigenvalue weighted by molar-refractivity contribution is 0.394. The molecule has 0 aliphatic rings. The summed E-state index contributed by atoms with van der Waals surface area (Å²) in [6, 6.07) is 0. The third kappa shape index (κ3) is 4.43. The van der Waals surface area contributed by atoms with Crippen molar-refractivity contribution < 1.29 is 14.4 Å². The van der Waals surface area contributed by atoms with Gasteiger partial charge in [0.1, 0.15) is 9.06 Å². The number of hydrogen-bond acceptors (Lipinski definition) is 1. The molecule has 0 spiro atoms. The van der Waals surface area contributed by atoms with Crippen LogP contribution in [-0.2, 0) is 4.57 Å². The molecular weight excluding hydrogens is 118 g/mol. The van der Waals surface area contributed by atoms with Gasteiger partial charge in [-0.3, -0.25) is 4.57 Å². The van der Waals surface area contributed by atoms with Crippen molar-refractivity contribution in [3.05, 3.63) is 0 Å². The predicted octanol–water partition coefficient (Wildman–Crippen LogP) is -1.67. The lowest BCUT2D eigenvalue weighted by Crippen LogP contribution is -1.88. The van der Waals surface area contributed by atoms with Crippen LogP contribution in [0.1, 0.15) is 0 Å². The number of rotatable bonds is 1. The summed E-state index contributed by atoms with van der Waals surface area (Å²) in [5, 5.41) is 0. The van der Waals surface area contributed by atoms with E-state index in [1.165, 1.54) is 0 Å². The highest BCUT2D eigenvalue weighted by molar-refractivity contribution is 7.88. The fourth-order valence-corrected chi connectivity index (χ4v) is 0. The van der Waals surface area contributed by atoms with Crippen LogP contribution in [-0.4, -0.2) is 26.3 Å². The van der Waals surface area contributed by atoms with Gasteiger partial charge >= 0.3 is 0 Å². The van der Waals surface area contributed by atoms with Crippen LogP contribution in [0.4, 0.5) is 0 Å². The average molecular weight is 122 g/mol. The third-order valence-electron chi connectivity index (χ3n) is 0.238. The minimum atomic E-state index is -3.73. The highest BCUT2D eigenvalue weighted by Gasteiger charge is 2.04. The lowest BCUT2D eigenvalue weighted by Gasteiger charge is -1.93. The monoisotopic (exact) mass is 122 g/mol. The molecule has 6 heteroatoms. The molecule has 0 fully saturated rings. The van der Waals surface area contributed by atoms with Gasteiger partial charge in [-0.05, 0) is 0 Å². The Morgan fingerprint density at radius 2 is 1.83 bits per heavy atom. The lowest BCUT2D eigenvalue weighted by atomic mass is 10.8. The van der Waals surface area contributed by atoms with Gasteiger partial charge in [-0.1, -0.05) is 0 Å². The van der Waals surface area contributed by atoms with Gasteiger partial charge in [0.2, 0.25) is 0 Å². The zero-order chi connectivity index (χ0) is 5.21. The molecule has 0 atom stereocenters. The molecule has 0 aromatic rings. The Kier molecular flexibility index (Phi) is 2.07. The van der Waals surface area contributed by atoms with Crippen LogP contribution >= 0.6 is 7.14 Å². The fraction of sp³-hybridized carbons (Fsp3) is 0. The first-order chi connectivity index (χ1) is 2.56. The van der Waals surface area contributed by atoms with Gasteiger partial charge in [-0.2, -0.15) is 0 Å². The molecule has 0 heterocycles. The normalized spacial score (nSPS) is 13.7. The molecule has 0 aliphatic heterocycles. The largest absolute Gasteiger partial charge is 0.330 e. The van der Waals surface area contributed by atoms with E-state index in [4.69, 9.17) is 9.79 Å². The van der Waals surface area contributed by atoms with Gasteiger partial charge < -0.3 is 9.79 Å². The summed E-state index contributed by atoms with van der Waals surface area (Å²) in [4.78, 5) is 15.7. The first-order valence-corrected chi connectivity index (χ1v) is 5.82. The van der Waals surface area contributed by atoms with E-state index < -0.39 is 16.2 Å². The Morgan fingerprint density at radius 1 is 1.67 bits per heavy atom. The topological polar surface area (TPSA) is 57.5 Å². The van der Waals surface area contributed by atoms with Crippen LogP contribution in [0.5, 0.6) is 0 Å². The van der Waals surface area contributed by atoms with Gasteiger partial charge in [-0.25, -0.2) is 0 Å². The molecule has 0 aromatic heterocycles. The maximum absolute atomic E-state index is 9.63. The zero-order valence-corrected chi connectivity index (χ0v) is 5.34. The summed E-state index contributed by atoms with van der Waals surface area (Å²) in [6.07, 6.45) is 0. The second-order valence-electron chi connectivity index (χ2n) is 0.847. The molecule has 0 bridgehead atoms. The standard InChI is InChI=1S/BH4O3PSi/c1-6-5(2,3)4/h6H2,(H2,2,3,4). The summed E-state index contributed by atoms with van der Waals surface area (Å²) in [7, 11) is -0.630. The first-order valence-electron chi connectivity index (χ1n) is 1.31. The Bertz CT molecular complexity index is 74.9. The fourth-order valence-electron chi connectivity index (χ4n) is 0. The predicted molar refractivity (Wildman–Crippen MR) is 26.3 cm³/mol. The molecule has 0 saturated heterocycles. The number of hydrogen-bond donors (Lipinski definition) is 2. The van der Waals surface area contributed by atoms with Crippen LogP contribution in [0.3, 0.4) is 0 Å². The van der Waals surface area contributed by atoms with E-state index >= 15 is 0 Å². The SMILES string of the molecule is [B][SiH2]P(=O)(O)O. The van der Waals surface area contributed by atoms with E-state index in [0.29, 0.717) is 0 Å². The third-order valence-corrected chi connectivity index (χ3v) is 2.14. The second kappa shape index (κ2) is 1.93. The summed E-state index contributed by atoms with van der Waals surface area (Å²) >= 11 is 0. The molecule has 2 N–H and O–H groups in total. The summed E-state index contributed by atoms with van der Waals surface area (Å²) in [5.41, 5.74) is 0. The smallest absolute Gasteiger partial charge is 0.276 e. The van der Waals surface area contributed by atoms with Crippen molar-refractivity contribution in [1.82, 2.24) is 0 Å². The molecule has 0 saturated carbocycles. The van der Waals surface area contributed by atoms with E-state index in [9.17, 15) is 4.57 Å². The van der Waals surface area contributed by atoms with Crippen molar-refractivity contribution in [3.63, 3.8) is 0 Å². The van der Waals surface area contributed by atoms with Crippen molar-refractivity contribution in [2.45, 2.75) is 0 Å². The van der Waals surface area contributed by atoms with Gasteiger partial charge in [-0.15, -0.1) is 0 Å². The molecule has 2 radical (unpaired) electrons. The molecule has 0 aromatic carbocycles. The van der Waals surface area contributed by atoms with Gasteiger partial charge in [0.15, 0.2) is 0 Å². The molecule has 0 unspecified atom stereocenters. The maximum atomic E-state index is 9.63. The van der Waals surface area contributed by atoms with E-state index in [0.717, 1.165) is 0 Å². The minimum absolute atomic E-state index is 1.58. The van der Waals surface area contributed by atoms with E-state index in [1.54, 1.807) is 0 Å². The highest BCUT2D eigenvalue weighted by Crippen LogP contribution is 2.29. The van der Waals surface area contributed by atoms with Crippen molar-refractivity contribution >= 4 is 23.6 Å². The summed E-state index contributed by atoms with van der Waals surface area (Å²) in [6.45, 7) is 0. The molecule has 0 aliphatic carbocycles. The van der Waals surface area contributed by atoms with E-state index in [-0.39, 0.29) is 0 Å². The first kappa shape index (κ1) is 6.43. The van der Waals surface area contributed by atoms with Crippen molar-refractivity contribution in [3.8, 4) is 0 Å². The van der Waals surface area contributed by atoms with Crippen molar-refractivity contribution in [2.75, 3.05) is 0 Å². The van der Waals surface area contributed by atoms with Crippen molar-refractivity contribution in [1.29, 1.82) is 0 Å². The van der Waals surface area contributed by atoms with E-state index in [2.05, 4.69) is 7.44 Å². The second-order valence-corrected chi connectivity index (χ2v) is 6.11. The molecule has 34 valence electrons. The summed E-state index contributed by atoms with van der Waals surface area (Å²) < 4.78 is 9.63. The van der Waals surface area contributed by atoms with Gasteiger partial charge in [0.05, 0.1) is 7.44 Å². The molecule has 6 heavy (non-hydrogen) atoms. The van der Waals surface area contributed by atoms with Crippen LogP contribution in [0.25, 0.3) is 0 Å². The van der Waals surface area contributed by atoms with Gasteiger partial charge in [0.25, 0.3) is 7.14 Å². The Morgan fingerprint density at radius 3 is 1.83 bits per heavy atom. The molecule has 3 nitrogen and oxygen atoms in total. The highest BCUT2D eigenvalue weighted by atomic mass is 31.4. The molecule has 0 amide bonds. The molecule has 0 rings (SSSR count). The van der Waals surface area contributed by atoms with Crippen LogP contribution in [0, 0.1) is 0 Å². The molecular formula is H4BO3PSi. The zero-order valence-electron chi connectivity index (χ0n) is 3.03.